The molecule has 3 heteroatoms. The minimum atomic E-state index is 0.0619. The van der Waals surface area contributed by atoms with Gasteiger partial charge in [-0.3, -0.25) is 9.69 Å². The molecule has 0 aromatic heterocycles. The van der Waals surface area contributed by atoms with E-state index in [1.807, 2.05) is 24.3 Å². The zero-order chi connectivity index (χ0) is 18.6. The lowest BCUT2D eigenvalue weighted by atomic mass is 10.1. The summed E-state index contributed by atoms with van der Waals surface area (Å²) < 4.78 is 6.58. The second kappa shape index (κ2) is 8.26. The van der Waals surface area contributed by atoms with Crippen molar-refractivity contribution in [2.24, 2.45) is 0 Å². The van der Waals surface area contributed by atoms with Gasteiger partial charge in [-0.1, -0.05) is 49.2 Å². The SMILES string of the molecule is CC(=O)Cc1cccc(O[C@H]2c3ccccc3C[C@@H]2N2CCCCCC2)c1. The van der Waals surface area contributed by atoms with E-state index in [0.29, 0.717) is 12.5 Å². The van der Waals surface area contributed by atoms with E-state index in [1.54, 1.807) is 6.92 Å². The van der Waals surface area contributed by atoms with Gasteiger partial charge in [0.2, 0.25) is 0 Å². The molecule has 1 saturated heterocycles. The molecular weight excluding hydrogens is 334 g/mol. The van der Waals surface area contributed by atoms with Gasteiger partial charge in [0.05, 0.1) is 6.04 Å². The highest BCUT2D eigenvalue weighted by molar-refractivity contribution is 5.78. The topological polar surface area (TPSA) is 29.5 Å². The monoisotopic (exact) mass is 363 g/mol. The predicted molar refractivity (Wildman–Crippen MR) is 108 cm³/mol. The third-order valence-electron chi connectivity index (χ3n) is 5.86. The predicted octanol–water partition coefficient (Wildman–Crippen LogP) is 4.74. The van der Waals surface area contributed by atoms with Gasteiger partial charge in [0.1, 0.15) is 17.6 Å². The molecule has 2 aliphatic rings. The van der Waals surface area contributed by atoms with Crippen LogP contribution < -0.4 is 4.74 Å². The lowest BCUT2D eigenvalue weighted by Gasteiger charge is -2.32. The fourth-order valence-electron chi connectivity index (χ4n) is 4.59. The summed E-state index contributed by atoms with van der Waals surface area (Å²) in [6.45, 7) is 3.97. The first-order valence-corrected chi connectivity index (χ1v) is 10.3. The van der Waals surface area contributed by atoms with Crippen molar-refractivity contribution in [1.29, 1.82) is 0 Å². The van der Waals surface area contributed by atoms with E-state index in [1.165, 1.54) is 49.9 Å². The van der Waals surface area contributed by atoms with Crippen LogP contribution in [0.5, 0.6) is 5.75 Å². The molecule has 4 rings (SSSR count). The maximum atomic E-state index is 11.5. The molecule has 0 N–H and O–H groups in total. The first-order chi connectivity index (χ1) is 13.2. The van der Waals surface area contributed by atoms with Gasteiger partial charge in [-0.05, 0) is 68.1 Å². The van der Waals surface area contributed by atoms with Gasteiger partial charge in [-0.25, -0.2) is 0 Å². The van der Waals surface area contributed by atoms with Gasteiger partial charge in [-0.15, -0.1) is 0 Å². The number of ketones is 1. The lowest BCUT2D eigenvalue weighted by Crippen LogP contribution is -2.40. The second-order valence-corrected chi connectivity index (χ2v) is 7.99. The Bertz CT molecular complexity index is 792. The van der Waals surface area contributed by atoms with Gasteiger partial charge >= 0.3 is 0 Å². The first-order valence-electron chi connectivity index (χ1n) is 10.3. The Kier molecular flexibility index (Phi) is 5.58. The van der Waals surface area contributed by atoms with E-state index < -0.39 is 0 Å². The summed E-state index contributed by atoms with van der Waals surface area (Å²) in [4.78, 5) is 14.1. The number of ether oxygens (including phenoxy) is 1. The number of benzene rings is 2. The molecule has 0 unspecified atom stereocenters. The minimum Gasteiger partial charge on any atom is -0.484 e. The molecule has 2 aromatic carbocycles. The number of hydrogen-bond acceptors (Lipinski definition) is 3. The maximum absolute atomic E-state index is 11.5. The molecule has 27 heavy (non-hydrogen) atoms. The highest BCUT2D eigenvalue weighted by Gasteiger charge is 2.37. The third-order valence-corrected chi connectivity index (χ3v) is 5.86. The number of rotatable bonds is 5. The Morgan fingerprint density at radius 2 is 1.81 bits per heavy atom. The molecule has 0 amide bonds. The van der Waals surface area contributed by atoms with Crippen molar-refractivity contribution in [2.75, 3.05) is 13.1 Å². The van der Waals surface area contributed by atoms with Crippen molar-refractivity contribution >= 4 is 5.78 Å². The van der Waals surface area contributed by atoms with Gasteiger partial charge < -0.3 is 4.74 Å². The smallest absolute Gasteiger partial charge is 0.140 e. The number of hydrogen-bond donors (Lipinski definition) is 0. The first kappa shape index (κ1) is 18.2. The number of carbonyl (C=O) groups is 1. The van der Waals surface area contributed by atoms with Crippen molar-refractivity contribution in [3.05, 3.63) is 65.2 Å². The van der Waals surface area contributed by atoms with Crippen LogP contribution in [0.4, 0.5) is 0 Å². The largest absolute Gasteiger partial charge is 0.484 e. The van der Waals surface area contributed by atoms with E-state index in [-0.39, 0.29) is 11.9 Å². The van der Waals surface area contributed by atoms with Crippen LogP contribution in [-0.2, 0) is 17.6 Å². The summed E-state index contributed by atoms with van der Waals surface area (Å²) in [6.07, 6.45) is 6.85. The summed E-state index contributed by atoms with van der Waals surface area (Å²) in [5, 5.41) is 0. The number of Topliss-reactive ketones (excluding diaryl/α,β-unsaturated/α-hetero) is 1. The molecule has 142 valence electrons. The summed E-state index contributed by atoms with van der Waals surface area (Å²) in [7, 11) is 0. The van der Waals surface area contributed by atoms with Crippen molar-refractivity contribution in [1.82, 2.24) is 4.90 Å². The fourth-order valence-corrected chi connectivity index (χ4v) is 4.59. The van der Waals surface area contributed by atoms with Gasteiger partial charge in [0, 0.05) is 6.42 Å². The van der Waals surface area contributed by atoms with E-state index in [9.17, 15) is 4.79 Å². The van der Waals surface area contributed by atoms with Gasteiger partial charge in [-0.2, -0.15) is 0 Å². The van der Waals surface area contributed by atoms with Crippen molar-refractivity contribution < 1.29 is 9.53 Å². The van der Waals surface area contributed by atoms with Crippen LogP contribution in [-0.4, -0.2) is 29.8 Å². The number of fused-ring (bicyclic) bond motifs is 1. The molecule has 0 saturated carbocycles. The van der Waals surface area contributed by atoms with Crippen LogP contribution in [0.2, 0.25) is 0 Å². The highest BCUT2D eigenvalue weighted by Crippen LogP contribution is 2.38. The highest BCUT2D eigenvalue weighted by atomic mass is 16.5. The molecule has 3 nitrogen and oxygen atoms in total. The Hall–Kier alpha value is -2.13. The standard InChI is InChI=1S/C24H29NO2/c1-18(26)15-19-9-8-11-21(16-19)27-24-22-12-5-4-10-20(22)17-23(24)25-13-6-2-3-7-14-25/h4-5,8-12,16,23-24H,2-3,6-7,13-15,17H2,1H3/t23-,24-/m0/s1. The average Bonchev–Trinajstić information content (AvgIpc) is 2.82. The number of nitrogens with zero attached hydrogens (tertiary/aromatic N) is 1. The molecule has 1 aliphatic carbocycles. The van der Waals surface area contributed by atoms with Crippen LogP contribution in [0.15, 0.2) is 48.5 Å². The minimum absolute atomic E-state index is 0.0619. The normalized spacial score (nSPS) is 22.9. The Labute approximate surface area is 162 Å². The van der Waals surface area contributed by atoms with Crippen LogP contribution >= 0.6 is 0 Å². The zero-order valence-corrected chi connectivity index (χ0v) is 16.2. The lowest BCUT2D eigenvalue weighted by molar-refractivity contribution is -0.116. The van der Waals surface area contributed by atoms with Gasteiger partial charge in [0.25, 0.3) is 0 Å². The maximum Gasteiger partial charge on any atom is 0.140 e. The van der Waals surface area contributed by atoms with Gasteiger partial charge in [0.15, 0.2) is 0 Å². The quantitative estimate of drug-likeness (QED) is 0.768. The summed E-state index contributed by atoms with van der Waals surface area (Å²) >= 11 is 0. The zero-order valence-electron chi connectivity index (χ0n) is 16.2. The van der Waals surface area contributed by atoms with Crippen LogP contribution in [0.3, 0.4) is 0 Å². The third kappa shape index (κ3) is 4.24. The molecular formula is C24H29NO2. The Balaban J connectivity index is 1.59. The van der Waals surface area contributed by atoms with Crippen LogP contribution in [0.25, 0.3) is 0 Å². The van der Waals surface area contributed by atoms with Crippen molar-refractivity contribution in [3.8, 4) is 5.75 Å². The van der Waals surface area contributed by atoms with E-state index in [0.717, 1.165) is 17.7 Å². The molecule has 2 atom stereocenters. The number of carbonyl (C=O) groups excluding carboxylic acids is 1. The molecule has 0 radical (unpaired) electrons. The molecule has 1 heterocycles. The molecule has 0 spiro atoms. The summed E-state index contributed by atoms with van der Waals surface area (Å²) in [5.74, 6) is 1.05. The van der Waals surface area contributed by atoms with E-state index in [4.69, 9.17) is 4.74 Å². The van der Waals surface area contributed by atoms with E-state index >= 15 is 0 Å². The van der Waals surface area contributed by atoms with Crippen LogP contribution in [0.1, 0.15) is 55.4 Å². The summed E-state index contributed by atoms with van der Waals surface area (Å²) in [6, 6.07) is 17.2. The molecule has 1 aliphatic heterocycles. The number of likely N-dealkylation sites (tertiary alicyclic amines) is 1. The molecule has 0 bridgehead atoms. The molecule has 1 fully saturated rings. The van der Waals surface area contributed by atoms with Crippen molar-refractivity contribution in [3.63, 3.8) is 0 Å². The Morgan fingerprint density at radius 1 is 1.04 bits per heavy atom. The molecule has 2 aromatic rings. The summed E-state index contributed by atoms with van der Waals surface area (Å²) in [5.41, 5.74) is 3.76. The fraction of sp³-hybridized carbons (Fsp3) is 0.458. The van der Waals surface area contributed by atoms with Crippen LogP contribution in [0, 0.1) is 0 Å². The average molecular weight is 364 g/mol. The van der Waals surface area contributed by atoms with Crippen molar-refractivity contribution in [2.45, 2.75) is 57.6 Å². The Morgan fingerprint density at radius 3 is 2.59 bits per heavy atom. The second-order valence-electron chi connectivity index (χ2n) is 7.99. The van der Waals surface area contributed by atoms with E-state index in [2.05, 4.69) is 29.2 Å².